The molecule has 72 valence electrons. The number of rotatable bonds is 3. The van der Waals surface area contributed by atoms with Crippen LogP contribution in [0.3, 0.4) is 0 Å². The summed E-state index contributed by atoms with van der Waals surface area (Å²) in [6.07, 6.45) is 3.49. The molecule has 0 atom stereocenters. The van der Waals surface area contributed by atoms with Gasteiger partial charge < -0.3 is 0 Å². The van der Waals surface area contributed by atoms with Crippen LogP contribution in [0.1, 0.15) is 6.42 Å². The summed E-state index contributed by atoms with van der Waals surface area (Å²) in [5, 5.41) is 1.34. The molecule has 2 heteroatoms. The molecule has 0 saturated carbocycles. The standard InChI is InChI=1S/C12H16NSi/c14-10-4-9-13-8-3-6-11-5-1-2-7-12(11)13/h1-3,5-8H,4,9-10H2,14H3/q+1. The zero-order chi connectivity index (χ0) is 9.80. The van der Waals surface area contributed by atoms with Crippen molar-refractivity contribution in [3.05, 3.63) is 42.6 Å². The Morgan fingerprint density at radius 2 is 1.86 bits per heavy atom. The minimum atomic E-state index is 1.16. The van der Waals surface area contributed by atoms with Crippen LogP contribution in [0.2, 0.25) is 6.04 Å². The van der Waals surface area contributed by atoms with E-state index in [4.69, 9.17) is 0 Å². The zero-order valence-corrected chi connectivity index (χ0v) is 10.6. The van der Waals surface area contributed by atoms with Gasteiger partial charge in [-0.25, -0.2) is 0 Å². The number of pyridine rings is 1. The molecule has 0 radical (unpaired) electrons. The molecule has 0 spiro atoms. The number of para-hydroxylation sites is 1. The van der Waals surface area contributed by atoms with Crippen molar-refractivity contribution in [1.29, 1.82) is 0 Å². The Morgan fingerprint density at radius 1 is 1.07 bits per heavy atom. The lowest BCUT2D eigenvalue weighted by atomic mass is 10.2. The lowest BCUT2D eigenvalue weighted by Crippen LogP contribution is -2.33. The van der Waals surface area contributed by atoms with Gasteiger partial charge in [0.2, 0.25) is 5.52 Å². The summed E-state index contributed by atoms with van der Waals surface area (Å²) in [5.41, 5.74) is 1.35. The van der Waals surface area contributed by atoms with Crippen molar-refractivity contribution in [2.24, 2.45) is 0 Å². The monoisotopic (exact) mass is 202 g/mol. The highest BCUT2D eigenvalue weighted by atomic mass is 28.1. The topological polar surface area (TPSA) is 3.88 Å². The highest BCUT2D eigenvalue weighted by Crippen LogP contribution is 2.07. The molecule has 0 amide bonds. The Kier molecular flexibility index (Phi) is 2.94. The first-order valence-corrected chi connectivity index (χ1v) is 6.70. The summed E-state index contributed by atoms with van der Waals surface area (Å²) >= 11 is 0. The van der Waals surface area contributed by atoms with E-state index in [9.17, 15) is 0 Å². The van der Waals surface area contributed by atoms with Gasteiger partial charge in [0.05, 0.1) is 0 Å². The fraction of sp³-hybridized carbons (Fsp3) is 0.250. The Hall–Kier alpha value is -1.15. The SMILES string of the molecule is [SiH3]CCC[n+]1cccc2ccccc21. The van der Waals surface area contributed by atoms with E-state index in [1.165, 1.54) is 33.6 Å². The third-order valence-electron chi connectivity index (χ3n) is 2.54. The molecule has 0 N–H and O–H groups in total. The maximum absolute atomic E-state index is 2.35. The summed E-state index contributed by atoms with van der Waals surface area (Å²) in [6.45, 7) is 1.16. The third-order valence-corrected chi connectivity index (χ3v) is 3.25. The van der Waals surface area contributed by atoms with Crippen molar-refractivity contribution in [2.45, 2.75) is 19.0 Å². The second-order valence-corrected chi connectivity index (χ2v) is 4.61. The molecule has 2 aromatic rings. The molecular formula is C12H16NSi+. The van der Waals surface area contributed by atoms with E-state index >= 15 is 0 Å². The largest absolute Gasteiger partial charge is 0.212 e. The van der Waals surface area contributed by atoms with Gasteiger partial charge in [0.15, 0.2) is 6.20 Å². The lowest BCUT2D eigenvalue weighted by molar-refractivity contribution is -0.671. The molecule has 1 nitrogen and oxygen atoms in total. The molecule has 0 bridgehead atoms. The molecule has 0 fully saturated rings. The third kappa shape index (κ3) is 1.85. The summed E-state index contributed by atoms with van der Waals surface area (Å²) in [7, 11) is 1.32. The summed E-state index contributed by atoms with van der Waals surface area (Å²) < 4.78 is 2.35. The Labute approximate surface area is 87.8 Å². The molecule has 0 aliphatic carbocycles. The van der Waals surface area contributed by atoms with Crippen LogP contribution in [0.5, 0.6) is 0 Å². The molecule has 0 aliphatic rings. The summed E-state index contributed by atoms with van der Waals surface area (Å²) in [6, 6.07) is 14.3. The molecule has 14 heavy (non-hydrogen) atoms. The molecule has 0 saturated heterocycles. The van der Waals surface area contributed by atoms with Crippen LogP contribution in [0.25, 0.3) is 10.9 Å². The second kappa shape index (κ2) is 4.38. The Balaban J connectivity index is 2.43. The maximum atomic E-state index is 2.35. The van der Waals surface area contributed by atoms with Crippen LogP contribution < -0.4 is 4.57 Å². The number of aromatic nitrogens is 1. The van der Waals surface area contributed by atoms with E-state index in [-0.39, 0.29) is 0 Å². The van der Waals surface area contributed by atoms with E-state index in [2.05, 4.69) is 47.2 Å². The van der Waals surface area contributed by atoms with Crippen LogP contribution in [-0.2, 0) is 6.54 Å². The van der Waals surface area contributed by atoms with E-state index < -0.39 is 0 Å². The predicted molar refractivity (Wildman–Crippen MR) is 63.5 cm³/mol. The fourth-order valence-electron chi connectivity index (χ4n) is 1.74. The minimum absolute atomic E-state index is 1.16. The van der Waals surface area contributed by atoms with Crippen molar-refractivity contribution in [1.82, 2.24) is 0 Å². The number of benzene rings is 1. The van der Waals surface area contributed by atoms with Gasteiger partial charge in [-0.05, 0) is 12.1 Å². The van der Waals surface area contributed by atoms with Gasteiger partial charge in [-0.2, -0.15) is 4.57 Å². The van der Waals surface area contributed by atoms with Crippen molar-refractivity contribution >= 4 is 21.1 Å². The van der Waals surface area contributed by atoms with Crippen molar-refractivity contribution in [2.75, 3.05) is 0 Å². The van der Waals surface area contributed by atoms with Crippen LogP contribution in [-0.4, -0.2) is 10.2 Å². The number of hydrogen-bond acceptors (Lipinski definition) is 0. The van der Waals surface area contributed by atoms with Crippen molar-refractivity contribution in [3.8, 4) is 0 Å². The zero-order valence-electron chi connectivity index (χ0n) is 8.61. The predicted octanol–water partition coefficient (Wildman–Crippen LogP) is 1.30. The van der Waals surface area contributed by atoms with Crippen LogP contribution in [0, 0.1) is 0 Å². The molecule has 0 unspecified atom stereocenters. The summed E-state index contributed by atoms with van der Waals surface area (Å²) in [5.74, 6) is 0. The second-order valence-electron chi connectivity index (χ2n) is 3.61. The average Bonchev–Trinajstić information content (AvgIpc) is 2.26. The maximum Gasteiger partial charge on any atom is 0.212 e. The van der Waals surface area contributed by atoms with Gasteiger partial charge in [0.1, 0.15) is 6.54 Å². The van der Waals surface area contributed by atoms with Gasteiger partial charge in [-0.1, -0.05) is 18.2 Å². The van der Waals surface area contributed by atoms with Crippen LogP contribution in [0.4, 0.5) is 0 Å². The van der Waals surface area contributed by atoms with Crippen molar-refractivity contribution < 1.29 is 4.57 Å². The first-order valence-electron chi connectivity index (χ1n) is 5.29. The molecule has 1 aromatic heterocycles. The quantitative estimate of drug-likeness (QED) is 0.522. The normalized spacial score (nSPS) is 10.9. The first-order chi connectivity index (χ1) is 6.92. The van der Waals surface area contributed by atoms with Crippen LogP contribution in [0.15, 0.2) is 42.6 Å². The van der Waals surface area contributed by atoms with Crippen LogP contribution >= 0.6 is 0 Å². The van der Waals surface area contributed by atoms with E-state index in [1.54, 1.807) is 0 Å². The lowest BCUT2D eigenvalue weighted by Gasteiger charge is -1.99. The van der Waals surface area contributed by atoms with E-state index in [0.717, 1.165) is 6.54 Å². The fourth-order valence-corrected chi connectivity index (χ4v) is 2.06. The van der Waals surface area contributed by atoms with Gasteiger partial charge in [0.25, 0.3) is 0 Å². The Morgan fingerprint density at radius 3 is 2.71 bits per heavy atom. The smallest absolute Gasteiger partial charge is 0.198 e. The first kappa shape index (κ1) is 9.40. The number of fused-ring (bicyclic) bond motifs is 1. The summed E-state index contributed by atoms with van der Waals surface area (Å²) in [4.78, 5) is 0. The number of aryl methyl sites for hydroxylation is 1. The molecule has 1 aromatic carbocycles. The van der Waals surface area contributed by atoms with E-state index in [0.29, 0.717) is 0 Å². The van der Waals surface area contributed by atoms with Gasteiger partial charge >= 0.3 is 0 Å². The molecule has 1 heterocycles. The highest BCUT2D eigenvalue weighted by molar-refractivity contribution is 6.08. The molecule has 2 rings (SSSR count). The molecule has 0 aliphatic heterocycles. The average molecular weight is 202 g/mol. The minimum Gasteiger partial charge on any atom is -0.198 e. The van der Waals surface area contributed by atoms with E-state index in [1.807, 2.05) is 0 Å². The number of nitrogens with zero attached hydrogens (tertiary/aromatic N) is 1. The van der Waals surface area contributed by atoms with Gasteiger partial charge in [-0.15, -0.1) is 0 Å². The Bertz CT molecular complexity index is 420. The van der Waals surface area contributed by atoms with Gasteiger partial charge in [0, 0.05) is 34.2 Å². The van der Waals surface area contributed by atoms with Gasteiger partial charge in [-0.3, -0.25) is 0 Å². The van der Waals surface area contributed by atoms with Crippen molar-refractivity contribution in [3.63, 3.8) is 0 Å². The highest BCUT2D eigenvalue weighted by Gasteiger charge is 2.05. The number of hydrogen-bond donors (Lipinski definition) is 0. The molecular weight excluding hydrogens is 186 g/mol.